The molecule has 4 heteroatoms. The summed E-state index contributed by atoms with van der Waals surface area (Å²) in [6.07, 6.45) is 5.35. The lowest BCUT2D eigenvalue weighted by molar-refractivity contribution is 1.49. The van der Waals surface area contributed by atoms with E-state index in [2.05, 4.69) is 98.1 Å². The summed E-state index contributed by atoms with van der Waals surface area (Å²) in [4.78, 5) is 0. The largest absolute Gasteiger partial charge is 0.307 e. The Hall–Kier alpha value is -6.62. The number of rotatable bonds is 8. The van der Waals surface area contributed by atoms with Gasteiger partial charge in [0.25, 0.3) is 0 Å². The van der Waals surface area contributed by atoms with E-state index in [1.165, 1.54) is 0 Å². The van der Waals surface area contributed by atoms with Gasteiger partial charge in [0.1, 0.15) is 12.1 Å². The summed E-state index contributed by atoms with van der Waals surface area (Å²) < 4.78 is 0. The van der Waals surface area contributed by atoms with Gasteiger partial charge in [-0.1, -0.05) is 98.1 Å². The molecule has 4 nitrogen and oxygen atoms in total. The second-order valence-electron chi connectivity index (χ2n) is 11.0. The van der Waals surface area contributed by atoms with Gasteiger partial charge in [-0.2, -0.15) is 10.5 Å². The number of fused-ring (bicyclic) bond motifs is 5. The van der Waals surface area contributed by atoms with Gasteiger partial charge in [-0.25, -0.2) is 0 Å². The van der Waals surface area contributed by atoms with E-state index in [-0.39, 0.29) is 11.1 Å². The number of allylic oxidation sites excluding steroid dienone is 6. The van der Waals surface area contributed by atoms with Gasteiger partial charge in [-0.15, -0.1) is 0 Å². The zero-order valence-corrected chi connectivity index (χ0v) is 25.0. The van der Waals surface area contributed by atoms with Crippen LogP contribution in [0.5, 0.6) is 0 Å². The van der Waals surface area contributed by atoms with Gasteiger partial charge in [0, 0.05) is 12.4 Å². The standard InChI is InChI=1S/C42H28N4/c1-27(17-29(23-43)24-44)31-9-7-11-33(19-31)39-21-41-38-16-6-4-14-36(38)40(22-42(41)37-15-5-3-13-35(37)39)34-12-8-10-32(20-34)28(2)18-30(25-45)26-46/h3-23,25,43,45H,1-2H2/b29-17+,30-18+,43-23?,45-25?. The summed E-state index contributed by atoms with van der Waals surface area (Å²) in [5.41, 5.74) is 7.87. The molecule has 0 saturated carbocycles. The molecule has 0 spiro atoms. The van der Waals surface area contributed by atoms with Crippen molar-refractivity contribution in [2.24, 2.45) is 0 Å². The monoisotopic (exact) mass is 588 g/mol. The Morgan fingerprint density at radius 2 is 0.891 bits per heavy atom. The highest BCUT2D eigenvalue weighted by atomic mass is 14.3. The topological polar surface area (TPSA) is 95.3 Å². The molecule has 216 valence electrons. The first-order valence-corrected chi connectivity index (χ1v) is 14.7. The first kappa shape index (κ1) is 29.5. The maximum atomic E-state index is 9.31. The maximum Gasteiger partial charge on any atom is 0.101 e. The molecule has 0 radical (unpaired) electrons. The van der Waals surface area contributed by atoms with E-state index in [4.69, 9.17) is 10.8 Å². The van der Waals surface area contributed by atoms with Crippen molar-refractivity contribution < 1.29 is 0 Å². The maximum absolute atomic E-state index is 9.31. The number of nitrogens with one attached hydrogen (secondary N) is 2. The molecule has 6 aromatic rings. The molecular formula is C42H28N4. The first-order valence-electron chi connectivity index (χ1n) is 14.7. The first-order chi connectivity index (χ1) is 22.4. The third kappa shape index (κ3) is 5.44. The van der Waals surface area contributed by atoms with Crippen molar-refractivity contribution in [3.63, 3.8) is 0 Å². The van der Waals surface area contributed by atoms with E-state index in [0.717, 1.165) is 78.1 Å². The molecule has 6 rings (SSSR count). The second kappa shape index (κ2) is 12.5. The van der Waals surface area contributed by atoms with Crippen molar-refractivity contribution in [1.29, 1.82) is 21.3 Å². The van der Waals surface area contributed by atoms with E-state index in [9.17, 15) is 10.5 Å². The minimum atomic E-state index is 0.249. The van der Waals surface area contributed by atoms with Crippen molar-refractivity contribution in [2.75, 3.05) is 0 Å². The van der Waals surface area contributed by atoms with Gasteiger partial charge >= 0.3 is 0 Å². The van der Waals surface area contributed by atoms with Crippen LogP contribution in [0.15, 0.2) is 146 Å². The molecule has 0 fully saturated rings. The molecule has 0 atom stereocenters. The molecule has 6 aromatic carbocycles. The normalized spacial score (nSPS) is 11.6. The molecule has 0 aliphatic heterocycles. The predicted molar refractivity (Wildman–Crippen MR) is 193 cm³/mol. The molecule has 2 N–H and O–H groups in total. The van der Waals surface area contributed by atoms with Crippen LogP contribution in [0.1, 0.15) is 11.1 Å². The summed E-state index contributed by atoms with van der Waals surface area (Å²) >= 11 is 0. The fraction of sp³-hybridized carbons (Fsp3) is 0. The molecule has 0 aromatic heterocycles. The van der Waals surface area contributed by atoms with E-state index in [0.29, 0.717) is 11.1 Å². The van der Waals surface area contributed by atoms with Crippen LogP contribution in [0.2, 0.25) is 0 Å². The third-order valence-electron chi connectivity index (χ3n) is 8.20. The van der Waals surface area contributed by atoms with Crippen LogP contribution in [-0.4, -0.2) is 12.4 Å². The Balaban J connectivity index is 1.58. The molecule has 0 heterocycles. The smallest absolute Gasteiger partial charge is 0.101 e. The number of nitriles is 2. The van der Waals surface area contributed by atoms with Gasteiger partial charge in [0.2, 0.25) is 0 Å². The highest BCUT2D eigenvalue weighted by Gasteiger charge is 2.15. The van der Waals surface area contributed by atoms with E-state index < -0.39 is 0 Å². The summed E-state index contributed by atoms with van der Waals surface area (Å²) in [7, 11) is 0. The van der Waals surface area contributed by atoms with Crippen molar-refractivity contribution in [3.8, 4) is 34.4 Å². The summed E-state index contributed by atoms with van der Waals surface area (Å²) in [5, 5.41) is 40.4. The number of hydrogen-bond acceptors (Lipinski definition) is 4. The highest BCUT2D eigenvalue weighted by molar-refractivity contribution is 6.24. The van der Waals surface area contributed by atoms with Gasteiger partial charge in [-0.05, 0) is 113 Å². The molecular weight excluding hydrogens is 560 g/mol. The Kier molecular flexibility index (Phi) is 8.03. The molecule has 0 aliphatic carbocycles. The quantitative estimate of drug-likeness (QED) is 0.0800. The average molecular weight is 589 g/mol. The van der Waals surface area contributed by atoms with Crippen molar-refractivity contribution >= 4 is 55.9 Å². The fourth-order valence-electron chi connectivity index (χ4n) is 5.96. The van der Waals surface area contributed by atoms with Crippen LogP contribution < -0.4 is 0 Å². The van der Waals surface area contributed by atoms with Gasteiger partial charge in [0.05, 0.1) is 11.1 Å². The lowest BCUT2D eigenvalue weighted by Gasteiger charge is -2.17. The molecule has 46 heavy (non-hydrogen) atoms. The molecule has 0 bridgehead atoms. The van der Waals surface area contributed by atoms with Crippen LogP contribution >= 0.6 is 0 Å². The van der Waals surface area contributed by atoms with Crippen LogP contribution in [0, 0.1) is 33.5 Å². The van der Waals surface area contributed by atoms with Crippen molar-refractivity contribution in [1.82, 2.24) is 0 Å². The van der Waals surface area contributed by atoms with E-state index in [1.807, 2.05) is 36.4 Å². The Bertz CT molecular complexity index is 2240. The average Bonchev–Trinajstić information content (AvgIpc) is 3.11. The zero-order chi connectivity index (χ0) is 32.2. The Morgan fingerprint density at radius 3 is 1.26 bits per heavy atom. The predicted octanol–water partition coefficient (Wildman–Crippen LogP) is 10.7. The molecule has 0 unspecified atom stereocenters. The molecule has 0 aliphatic rings. The lowest BCUT2D eigenvalue weighted by atomic mass is 9.87. The fourth-order valence-corrected chi connectivity index (χ4v) is 5.96. The summed E-state index contributed by atoms with van der Waals surface area (Å²) in [6, 6.07) is 41.8. The van der Waals surface area contributed by atoms with Crippen LogP contribution in [0.4, 0.5) is 0 Å². The minimum absolute atomic E-state index is 0.249. The number of hydrogen-bond donors (Lipinski definition) is 2. The van der Waals surface area contributed by atoms with Crippen LogP contribution in [0.3, 0.4) is 0 Å². The lowest BCUT2D eigenvalue weighted by Crippen LogP contribution is -1.91. The van der Waals surface area contributed by atoms with Crippen LogP contribution in [0.25, 0.3) is 65.7 Å². The van der Waals surface area contributed by atoms with Crippen molar-refractivity contribution in [2.45, 2.75) is 0 Å². The Morgan fingerprint density at radius 1 is 0.500 bits per heavy atom. The number of benzene rings is 6. The van der Waals surface area contributed by atoms with Gasteiger partial charge in [0.15, 0.2) is 0 Å². The number of nitrogens with zero attached hydrogens (tertiary/aromatic N) is 2. The van der Waals surface area contributed by atoms with E-state index >= 15 is 0 Å². The Labute approximate surface area is 267 Å². The molecule has 0 amide bonds. The van der Waals surface area contributed by atoms with Gasteiger partial charge < -0.3 is 10.8 Å². The minimum Gasteiger partial charge on any atom is -0.307 e. The zero-order valence-electron chi connectivity index (χ0n) is 25.0. The summed E-state index contributed by atoms with van der Waals surface area (Å²) in [6.45, 7) is 8.33. The third-order valence-corrected chi connectivity index (χ3v) is 8.20. The highest BCUT2D eigenvalue weighted by Crippen LogP contribution is 2.42. The molecule has 0 saturated heterocycles. The van der Waals surface area contributed by atoms with E-state index in [1.54, 1.807) is 12.2 Å². The van der Waals surface area contributed by atoms with Crippen molar-refractivity contribution in [3.05, 3.63) is 157 Å². The SMILES string of the molecule is C=C(/C=C(/C#N)C=N)c1cccc(-c2cc3c4ccccc4c(-c4cccc(C(=C)/C=C(/C#N)C=N)c4)cc3c3ccccc23)c1. The van der Waals surface area contributed by atoms with Crippen LogP contribution in [-0.2, 0) is 0 Å². The second-order valence-corrected chi connectivity index (χ2v) is 11.0. The van der Waals surface area contributed by atoms with Gasteiger partial charge in [-0.3, -0.25) is 0 Å². The summed E-state index contributed by atoms with van der Waals surface area (Å²) in [5.74, 6) is 0.